The van der Waals surface area contributed by atoms with Gasteiger partial charge < -0.3 is 10.4 Å². The summed E-state index contributed by atoms with van der Waals surface area (Å²) in [5, 5.41) is 16.2. The van der Waals surface area contributed by atoms with Crippen LogP contribution in [0.25, 0.3) is 0 Å². The number of aromatic hydroxyl groups is 1. The van der Waals surface area contributed by atoms with Gasteiger partial charge in [0.2, 0.25) is 0 Å². The van der Waals surface area contributed by atoms with Gasteiger partial charge in [0.05, 0.1) is 10.7 Å². The monoisotopic (exact) mass is 290 g/mol. The highest BCUT2D eigenvalue weighted by atomic mass is 32.1. The zero-order chi connectivity index (χ0) is 14.4. The Balaban J connectivity index is 2.00. The lowest BCUT2D eigenvalue weighted by Gasteiger charge is -2.17. The van der Waals surface area contributed by atoms with E-state index in [1.165, 1.54) is 11.3 Å². The van der Waals surface area contributed by atoms with Crippen molar-refractivity contribution in [3.63, 3.8) is 0 Å². The molecule has 4 heteroatoms. The summed E-state index contributed by atoms with van der Waals surface area (Å²) in [7, 11) is 0. The standard InChI is InChI=1S/C16H22N2OS/c1-3-8-17-14(10-15-11-20-12(2)18-15)9-13-4-6-16(19)7-5-13/h4-7,11,14,17,19H,3,8-10H2,1-2H3. The van der Waals surface area contributed by atoms with Crippen molar-refractivity contribution in [3.8, 4) is 5.75 Å². The minimum absolute atomic E-state index is 0.321. The number of nitrogens with zero attached hydrogens (tertiary/aromatic N) is 1. The SMILES string of the molecule is CCCNC(Cc1ccc(O)cc1)Cc1csc(C)n1. The maximum absolute atomic E-state index is 9.35. The molecule has 1 aromatic carbocycles. The number of thiazole rings is 1. The van der Waals surface area contributed by atoms with E-state index in [2.05, 4.69) is 22.6 Å². The van der Waals surface area contributed by atoms with Crippen LogP contribution in [-0.4, -0.2) is 22.7 Å². The molecule has 1 atom stereocenters. The van der Waals surface area contributed by atoms with E-state index in [1.54, 1.807) is 23.5 Å². The van der Waals surface area contributed by atoms with E-state index in [9.17, 15) is 5.11 Å². The van der Waals surface area contributed by atoms with E-state index in [-0.39, 0.29) is 0 Å². The summed E-state index contributed by atoms with van der Waals surface area (Å²) in [6, 6.07) is 7.86. The molecule has 0 aliphatic rings. The van der Waals surface area contributed by atoms with Gasteiger partial charge in [-0.2, -0.15) is 0 Å². The van der Waals surface area contributed by atoms with Crippen molar-refractivity contribution in [2.75, 3.05) is 6.54 Å². The molecule has 2 rings (SSSR count). The molecule has 108 valence electrons. The first kappa shape index (κ1) is 15.0. The fraction of sp³-hybridized carbons (Fsp3) is 0.438. The first-order chi connectivity index (χ1) is 9.67. The van der Waals surface area contributed by atoms with Crippen LogP contribution in [0.15, 0.2) is 29.6 Å². The van der Waals surface area contributed by atoms with Gasteiger partial charge >= 0.3 is 0 Å². The number of rotatable bonds is 7. The Labute approximate surface area is 124 Å². The van der Waals surface area contributed by atoms with Crippen LogP contribution < -0.4 is 5.32 Å². The molecule has 0 spiro atoms. The Morgan fingerprint density at radius 3 is 2.60 bits per heavy atom. The predicted molar refractivity (Wildman–Crippen MR) is 84.4 cm³/mol. The second-order valence-electron chi connectivity index (χ2n) is 5.08. The second-order valence-corrected chi connectivity index (χ2v) is 6.15. The fourth-order valence-corrected chi connectivity index (χ4v) is 2.86. The van der Waals surface area contributed by atoms with Crippen LogP contribution in [-0.2, 0) is 12.8 Å². The van der Waals surface area contributed by atoms with Crippen molar-refractivity contribution in [2.45, 2.75) is 39.2 Å². The quantitative estimate of drug-likeness (QED) is 0.822. The highest BCUT2D eigenvalue weighted by Gasteiger charge is 2.12. The van der Waals surface area contributed by atoms with Crippen LogP contribution in [0.5, 0.6) is 5.75 Å². The number of aryl methyl sites for hydroxylation is 1. The second kappa shape index (κ2) is 7.41. The molecule has 0 saturated heterocycles. The van der Waals surface area contributed by atoms with Crippen LogP contribution >= 0.6 is 11.3 Å². The number of hydrogen-bond acceptors (Lipinski definition) is 4. The van der Waals surface area contributed by atoms with Gasteiger partial charge in [0.25, 0.3) is 0 Å². The van der Waals surface area contributed by atoms with E-state index in [0.29, 0.717) is 11.8 Å². The summed E-state index contributed by atoms with van der Waals surface area (Å²) in [5.74, 6) is 0.321. The molecule has 0 radical (unpaired) electrons. The Kier molecular flexibility index (Phi) is 5.56. The molecular formula is C16H22N2OS. The number of phenols is 1. The predicted octanol–water partition coefficient (Wildman–Crippen LogP) is 3.31. The maximum Gasteiger partial charge on any atom is 0.115 e. The zero-order valence-corrected chi connectivity index (χ0v) is 12.9. The van der Waals surface area contributed by atoms with E-state index >= 15 is 0 Å². The third kappa shape index (κ3) is 4.62. The molecule has 0 amide bonds. The van der Waals surface area contributed by atoms with Gasteiger partial charge in [-0.1, -0.05) is 19.1 Å². The van der Waals surface area contributed by atoms with Gasteiger partial charge in [0, 0.05) is 17.8 Å². The molecule has 1 heterocycles. The highest BCUT2D eigenvalue weighted by molar-refractivity contribution is 7.09. The van der Waals surface area contributed by atoms with E-state index in [0.717, 1.165) is 30.8 Å². The molecule has 0 aliphatic carbocycles. The lowest BCUT2D eigenvalue weighted by Crippen LogP contribution is -2.33. The summed E-state index contributed by atoms with van der Waals surface area (Å²) in [4.78, 5) is 4.55. The summed E-state index contributed by atoms with van der Waals surface area (Å²) >= 11 is 1.71. The fourth-order valence-electron chi connectivity index (χ4n) is 2.24. The van der Waals surface area contributed by atoms with Crippen molar-refractivity contribution in [3.05, 3.63) is 45.9 Å². The van der Waals surface area contributed by atoms with Gasteiger partial charge in [0.1, 0.15) is 5.75 Å². The number of phenolic OH excluding ortho intramolecular Hbond substituents is 1. The van der Waals surface area contributed by atoms with Crippen molar-refractivity contribution in [1.82, 2.24) is 10.3 Å². The van der Waals surface area contributed by atoms with Crippen molar-refractivity contribution in [2.24, 2.45) is 0 Å². The molecule has 0 bridgehead atoms. The lowest BCUT2D eigenvalue weighted by atomic mass is 10.0. The number of nitrogens with one attached hydrogen (secondary N) is 1. The summed E-state index contributed by atoms with van der Waals surface area (Å²) < 4.78 is 0. The van der Waals surface area contributed by atoms with Gasteiger partial charge in [-0.15, -0.1) is 11.3 Å². The largest absolute Gasteiger partial charge is 0.508 e. The third-order valence-corrected chi connectivity index (χ3v) is 4.05. The Bertz CT molecular complexity index is 522. The van der Waals surface area contributed by atoms with E-state index in [1.807, 2.05) is 19.1 Å². The normalized spacial score (nSPS) is 12.5. The van der Waals surface area contributed by atoms with Crippen LogP contribution in [0.1, 0.15) is 29.6 Å². The molecule has 3 nitrogen and oxygen atoms in total. The van der Waals surface area contributed by atoms with Gasteiger partial charge in [-0.25, -0.2) is 4.98 Å². The van der Waals surface area contributed by atoms with Crippen LogP contribution in [0.3, 0.4) is 0 Å². The molecule has 0 aliphatic heterocycles. The van der Waals surface area contributed by atoms with Crippen LogP contribution in [0.2, 0.25) is 0 Å². The third-order valence-electron chi connectivity index (χ3n) is 3.22. The summed E-state index contributed by atoms with van der Waals surface area (Å²) in [5.41, 5.74) is 2.41. The maximum atomic E-state index is 9.35. The highest BCUT2D eigenvalue weighted by Crippen LogP contribution is 2.15. The topological polar surface area (TPSA) is 45.1 Å². The zero-order valence-electron chi connectivity index (χ0n) is 12.1. The summed E-state index contributed by atoms with van der Waals surface area (Å²) in [6.07, 6.45) is 3.03. The van der Waals surface area contributed by atoms with E-state index in [4.69, 9.17) is 0 Å². The van der Waals surface area contributed by atoms with Crippen molar-refractivity contribution < 1.29 is 5.11 Å². The average molecular weight is 290 g/mol. The molecule has 2 N–H and O–H groups in total. The Morgan fingerprint density at radius 1 is 1.25 bits per heavy atom. The summed E-state index contributed by atoms with van der Waals surface area (Å²) in [6.45, 7) is 5.24. The molecule has 0 fully saturated rings. The average Bonchev–Trinajstić information content (AvgIpc) is 2.84. The molecule has 20 heavy (non-hydrogen) atoms. The molecular weight excluding hydrogens is 268 g/mol. The van der Waals surface area contributed by atoms with Crippen molar-refractivity contribution >= 4 is 11.3 Å². The number of aromatic nitrogens is 1. The van der Waals surface area contributed by atoms with Gasteiger partial charge in [-0.3, -0.25) is 0 Å². The lowest BCUT2D eigenvalue weighted by molar-refractivity contribution is 0.473. The first-order valence-electron chi connectivity index (χ1n) is 7.09. The van der Waals surface area contributed by atoms with Crippen LogP contribution in [0.4, 0.5) is 0 Å². The first-order valence-corrected chi connectivity index (χ1v) is 7.97. The van der Waals surface area contributed by atoms with E-state index < -0.39 is 0 Å². The minimum atomic E-state index is 0.321. The number of benzene rings is 1. The van der Waals surface area contributed by atoms with Crippen LogP contribution in [0, 0.1) is 6.92 Å². The molecule has 2 aromatic rings. The molecule has 1 unspecified atom stereocenters. The minimum Gasteiger partial charge on any atom is -0.508 e. The van der Waals surface area contributed by atoms with Gasteiger partial charge in [0.15, 0.2) is 0 Å². The van der Waals surface area contributed by atoms with Gasteiger partial charge in [-0.05, 0) is 44.0 Å². The number of hydrogen-bond donors (Lipinski definition) is 2. The Hall–Kier alpha value is -1.39. The Morgan fingerprint density at radius 2 is 2.00 bits per heavy atom. The van der Waals surface area contributed by atoms with Crippen molar-refractivity contribution in [1.29, 1.82) is 0 Å². The molecule has 1 aromatic heterocycles. The molecule has 0 saturated carbocycles. The smallest absolute Gasteiger partial charge is 0.115 e.